The van der Waals surface area contributed by atoms with Crippen molar-refractivity contribution in [3.63, 3.8) is 0 Å². The fraction of sp³-hybridized carbons (Fsp3) is 0.200. The van der Waals surface area contributed by atoms with Gasteiger partial charge in [-0.05, 0) is 27.5 Å². The molecule has 1 aliphatic carbocycles. The summed E-state index contributed by atoms with van der Waals surface area (Å²) in [6, 6.07) is 23.2. The molecule has 0 unspecified atom stereocenters. The average Bonchev–Trinajstić information content (AvgIpc) is 2.88. The van der Waals surface area contributed by atoms with Crippen LogP contribution in [0.1, 0.15) is 22.7 Å². The topological polar surface area (TPSA) is 32.3 Å². The lowest BCUT2D eigenvalue weighted by Gasteiger charge is -2.18. The van der Waals surface area contributed by atoms with Crippen LogP contribution in [0.3, 0.4) is 0 Å². The smallest absolute Gasteiger partial charge is 0.0775 e. The Labute approximate surface area is 130 Å². The Hall–Kier alpha value is -2.16. The van der Waals surface area contributed by atoms with E-state index in [1.807, 2.05) is 12.1 Å². The van der Waals surface area contributed by atoms with Crippen LogP contribution >= 0.6 is 0 Å². The molecule has 3 aromatic rings. The number of nitrogens with one attached hydrogen (secondary N) is 1. The van der Waals surface area contributed by atoms with Crippen LogP contribution in [0.15, 0.2) is 66.7 Å². The number of benzene rings is 3. The highest BCUT2D eigenvalue weighted by molar-refractivity contribution is 5.85. The number of fused-ring (bicyclic) bond motifs is 2. The van der Waals surface area contributed by atoms with E-state index in [2.05, 4.69) is 59.9 Å². The molecular formula is C20H19NO. The number of aliphatic hydroxyl groups is 1. The molecule has 0 aromatic heterocycles. The molecule has 1 aliphatic rings. The summed E-state index contributed by atoms with van der Waals surface area (Å²) in [6.07, 6.45) is 0.399. The maximum atomic E-state index is 10.3. The largest absolute Gasteiger partial charge is 0.391 e. The highest BCUT2D eigenvalue weighted by atomic mass is 16.3. The molecule has 0 saturated heterocycles. The maximum Gasteiger partial charge on any atom is 0.0775 e. The predicted molar refractivity (Wildman–Crippen MR) is 89.7 cm³/mol. The van der Waals surface area contributed by atoms with Crippen LogP contribution in [0.4, 0.5) is 0 Å². The number of hydrogen-bond donors (Lipinski definition) is 2. The van der Waals surface area contributed by atoms with Crippen LogP contribution in [0.25, 0.3) is 10.8 Å². The summed E-state index contributed by atoms with van der Waals surface area (Å²) in [6.45, 7) is 0.761. The normalized spacial score (nSPS) is 20.2. The minimum absolute atomic E-state index is 0.0233. The molecule has 0 radical (unpaired) electrons. The fourth-order valence-corrected chi connectivity index (χ4v) is 3.49. The molecule has 0 heterocycles. The molecule has 0 amide bonds. The summed E-state index contributed by atoms with van der Waals surface area (Å²) >= 11 is 0. The van der Waals surface area contributed by atoms with Crippen molar-refractivity contribution in [2.45, 2.75) is 25.1 Å². The molecule has 2 heteroatoms. The Kier molecular flexibility index (Phi) is 3.41. The highest BCUT2D eigenvalue weighted by Crippen LogP contribution is 2.31. The molecule has 110 valence electrons. The van der Waals surface area contributed by atoms with Gasteiger partial charge in [0, 0.05) is 13.0 Å². The van der Waals surface area contributed by atoms with Crippen molar-refractivity contribution in [2.75, 3.05) is 0 Å². The zero-order valence-electron chi connectivity index (χ0n) is 12.4. The van der Waals surface area contributed by atoms with Gasteiger partial charge < -0.3 is 10.4 Å². The van der Waals surface area contributed by atoms with Crippen molar-refractivity contribution in [3.05, 3.63) is 83.4 Å². The molecule has 0 spiro atoms. The van der Waals surface area contributed by atoms with Crippen molar-refractivity contribution in [3.8, 4) is 0 Å². The molecule has 2 nitrogen and oxygen atoms in total. The van der Waals surface area contributed by atoms with E-state index in [4.69, 9.17) is 0 Å². The first-order valence-electron chi connectivity index (χ1n) is 7.79. The first kappa shape index (κ1) is 13.5. The molecule has 3 aromatic carbocycles. The van der Waals surface area contributed by atoms with Gasteiger partial charge in [0.25, 0.3) is 0 Å². The van der Waals surface area contributed by atoms with Gasteiger partial charge in [0.2, 0.25) is 0 Å². The van der Waals surface area contributed by atoms with Crippen LogP contribution in [0, 0.1) is 0 Å². The molecule has 2 atom stereocenters. The van der Waals surface area contributed by atoms with E-state index >= 15 is 0 Å². The summed E-state index contributed by atoms with van der Waals surface area (Å²) in [7, 11) is 0. The zero-order chi connectivity index (χ0) is 14.9. The average molecular weight is 289 g/mol. The summed E-state index contributed by atoms with van der Waals surface area (Å²) in [5.41, 5.74) is 3.76. The third-order valence-corrected chi connectivity index (χ3v) is 4.60. The molecule has 2 N–H and O–H groups in total. The lowest BCUT2D eigenvalue weighted by Crippen LogP contribution is -2.28. The lowest BCUT2D eigenvalue weighted by molar-refractivity contribution is 0.141. The highest BCUT2D eigenvalue weighted by Gasteiger charge is 2.30. The lowest BCUT2D eigenvalue weighted by atomic mass is 10.0. The van der Waals surface area contributed by atoms with E-state index in [1.165, 1.54) is 27.5 Å². The first-order valence-corrected chi connectivity index (χ1v) is 7.79. The van der Waals surface area contributed by atoms with Gasteiger partial charge in [-0.2, -0.15) is 0 Å². The number of hydrogen-bond acceptors (Lipinski definition) is 2. The minimum Gasteiger partial charge on any atom is -0.391 e. The summed E-state index contributed by atoms with van der Waals surface area (Å²) in [5.74, 6) is 0. The second-order valence-corrected chi connectivity index (χ2v) is 5.97. The van der Waals surface area contributed by atoms with E-state index < -0.39 is 0 Å². The summed E-state index contributed by atoms with van der Waals surface area (Å²) < 4.78 is 0. The predicted octanol–water partition coefficient (Wildman–Crippen LogP) is 3.59. The zero-order valence-corrected chi connectivity index (χ0v) is 12.4. The van der Waals surface area contributed by atoms with Gasteiger partial charge >= 0.3 is 0 Å². The molecule has 0 bridgehead atoms. The van der Waals surface area contributed by atoms with Crippen molar-refractivity contribution in [1.29, 1.82) is 0 Å². The second kappa shape index (κ2) is 5.56. The van der Waals surface area contributed by atoms with E-state index in [0.29, 0.717) is 0 Å². The fourth-order valence-electron chi connectivity index (χ4n) is 3.49. The molecule has 0 aliphatic heterocycles. The Bertz CT molecular complexity index is 806. The van der Waals surface area contributed by atoms with Crippen molar-refractivity contribution in [2.24, 2.45) is 0 Å². The quantitative estimate of drug-likeness (QED) is 0.772. The summed E-state index contributed by atoms with van der Waals surface area (Å²) in [5, 5.41) is 16.4. The Morgan fingerprint density at radius 3 is 2.64 bits per heavy atom. The number of rotatable bonds is 3. The maximum absolute atomic E-state index is 10.3. The molecule has 0 saturated carbocycles. The monoisotopic (exact) mass is 289 g/mol. The molecule has 22 heavy (non-hydrogen) atoms. The second-order valence-electron chi connectivity index (χ2n) is 5.97. The van der Waals surface area contributed by atoms with Crippen LogP contribution in [0.5, 0.6) is 0 Å². The number of aliphatic hydroxyl groups excluding tert-OH is 1. The van der Waals surface area contributed by atoms with Gasteiger partial charge in [-0.1, -0.05) is 66.7 Å². The molecule has 0 fully saturated rings. The van der Waals surface area contributed by atoms with Crippen molar-refractivity contribution < 1.29 is 5.11 Å². The van der Waals surface area contributed by atoms with Crippen molar-refractivity contribution >= 4 is 10.8 Å². The van der Waals surface area contributed by atoms with E-state index in [-0.39, 0.29) is 12.1 Å². The van der Waals surface area contributed by atoms with E-state index in [0.717, 1.165) is 13.0 Å². The Balaban J connectivity index is 1.60. The Morgan fingerprint density at radius 1 is 0.909 bits per heavy atom. The van der Waals surface area contributed by atoms with Gasteiger partial charge in [0.1, 0.15) is 0 Å². The third-order valence-electron chi connectivity index (χ3n) is 4.60. The van der Waals surface area contributed by atoms with E-state index in [9.17, 15) is 5.11 Å². The van der Waals surface area contributed by atoms with Crippen LogP contribution < -0.4 is 5.32 Å². The van der Waals surface area contributed by atoms with Crippen LogP contribution in [0.2, 0.25) is 0 Å². The van der Waals surface area contributed by atoms with Gasteiger partial charge in [-0.25, -0.2) is 0 Å². The minimum atomic E-state index is -0.340. The van der Waals surface area contributed by atoms with Crippen LogP contribution in [-0.4, -0.2) is 11.2 Å². The van der Waals surface area contributed by atoms with Gasteiger partial charge in [0.15, 0.2) is 0 Å². The Morgan fingerprint density at radius 2 is 1.68 bits per heavy atom. The van der Waals surface area contributed by atoms with Gasteiger partial charge in [-0.15, -0.1) is 0 Å². The van der Waals surface area contributed by atoms with E-state index in [1.54, 1.807) is 0 Å². The molecular weight excluding hydrogens is 270 g/mol. The summed E-state index contributed by atoms with van der Waals surface area (Å²) in [4.78, 5) is 0. The third kappa shape index (κ3) is 2.31. The van der Waals surface area contributed by atoms with Crippen molar-refractivity contribution in [1.82, 2.24) is 5.32 Å². The van der Waals surface area contributed by atoms with Crippen LogP contribution in [-0.2, 0) is 13.0 Å². The van der Waals surface area contributed by atoms with Gasteiger partial charge in [-0.3, -0.25) is 0 Å². The first-order chi connectivity index (χ1) is 10.8. The standard InChI is InChI=1S/C20H19NO/c22-19-12-15-7-2-4-11-18(15)20(19)21-13-16-9-5-8-14-6-1-3-10-17(14)16/h1-11,19-22H,12-13H2/t19-,20+/m0/s1. The SMILES string of the molecule is O[C@H]1Cc2ccccc2[C@H]1NCc1cccc2ccccc12. The van der Waals surface area contributed by atoms with Gasteiger partial charge in [0.05, 0.1) is 12.1 Å². The molecule has 4 rings (SSSR count).